The van der Waals surface area contributed by atoms with Crippen LogP contribution in [0.4, 0.5) is 0 Å². The Kier molecular flexibility index (Phi) is 8.85. The zero-order valence-electron chi connectivity index (χ0n) is 7.15. The lowest BCUT2D eigenvalue weighted by Gasteiger charge is -2.01. The second kappa shape index (κ2) is 8.92. The molecule has 0 unspecified atom stereocenters. The van der Waals surface area contributed by atoms with Gasteiger partial charge in [-0.1, -0.05) is 26.2 Å². The average molecular weight is 145 g/mol. The van der Waals surface area contributed by atoms with Crippen molar-refractivity contribution in [3.63, 3.8) is 0 Å². The van der Waals surface area contributed by atoms with E-state index < -0.39 is 0 Å². The Hall–Kier alpha value is -0.0800. The summed E-state index contributed by atoms with van der Waals surface area (Å²) in [5.41, 5.74) is 2.89. The molecule has 0 spiro atoms. The Labute approximate surface area is 63.9 Å². The number of hydroxylamine groups is 1. The molecule has 0 bridgehead atoms. The standard InChI is InChI=1S/C8H19NO/c1-3-5-6-7-8-9-10-4-2/h9H,3-8H2,1-2H3. The summed E-state index contributed by atoms with van der Waals surface area (Å²) in [5.74, 6) is 0. The molecular weight excluding hydrogens is 126 g/mol. The molecule has 1 N–H and O–H groups in total. The minimum Gasteiger partial charge on any atom is -0.302 e. The third kappa shape index (κ3) is 7.92. The fraction of sp³-hybridized carbons (Fsp3) is 1.00. The van der Waals surface area contributed by atoms with E-state index in [4.69, 9.17) is 4.84 Å². The normalized spacial score (nSPS) is 10.2. The predicted octanol–water partition coefficient (Wildman–Crippen LogP) is 2.11. The summed E-state index contributed by atoms with van der Waals surface area (Å²) in [7, 11) is 0. The fourth-order valence-electron chi connectivity index (χ4n) is 0.798. The Bertz CT molecular complexity index is 49.2. The summed E-state index contributed by atoms with van der Waals surface area (Å²) in [6.45, 7) is 5.95. The highest BCUT2D eigenvalue weighted by Gasteiger charge is 1.85. The van der Waals surface area contributed by atoms with Crippen LogP contribution in [0.1, 0.15) is 39.5 Å². The number of nitrogens with one attached hydrogen (secondary N) is 1. The highest BCUT2D eigenvalue weighted by Crippen LogP contribution is 1.96. The summed E-state index contributed by atoms with van der Waals surface area (Å²) >= 11 is 0. The largest absolute Gasteiger partial charge is 0.302 e. The van der Waals surface area contributed by atoms with E-state index in [2.05, 4.69) is 12.4 Å². The van der Waals surface area contributed by atoms with Crippen LogP contribution in [-0.4, -0.2) is 13.2 Å². The van der Waals surface area contributed by atoms with Crippen molar-refractivity contribution in [2.75, 3.05) is 13.2 Å². The van der Waals surface area contributed by atoms with Gasteiger partial charge in [0.2, 0.25) is 0 Å². The lowest BCUT2D eigenvalue weighted by atomic mass is 10.2. The second-order valence-electron chi connectivity index (χ2n) is 2.39. The lowest BCUT2D eigenvalue weighted by Crippen LogP contribution is -2.15. The minimum absolute atomic E-state index is 0.758. The van der Waals surface area contributed by atoms with Gasteiger partial charge in [-0.05, 0) is 13.3 Å². The molecular formula is C8H19NO. The first-order valence-electron chi connectivity index (χ1n) is 4.26. The Morgan fingerprint density at radius 2 is 1.90 bits per heavy atom. The van der Waals surface area contributed by atoms with Gasteiger partial charge in [-0.2, -0.15) is 0 Å². The number of rotatable bonds is 7. The van der Waals surface area contributed by atoms with Crippen molar-refractivity contribution in [3.8, 4) is 0 Å². The summed E-state index contributed by atoms with van der Waals surface area (Å²) in [4.78, 5) is 4.96. The van der Waals surface area contributed by atoms with Crippen LogP contribution in [0, 0.1) is 0 Å². The first-order chi connectivity index (χ1) is 4.91. The number of unbranched alkanes of at least 4 members (excludes halogenated alkanes) is 3. The molecule has 0 saturated carbocycles. The van der Waals surface area contributed by atoms with E-state index in [0.29, 0.717) is 0 Å². The lowest BCUT2D eigenvalue weighted by molar-refractivity contribution is 0.0501. The molecule has 0 aliphatic rings. The fourth-order valence-corrected chi connectivity index (χ4v) is 0.798. The van der Waals surface area contributed by atoms with E-state index in [9.17, 15) is 0 Å². The molecule has 0 aromatic heterocycles. The van der Waals surface area contributed by atoms with Gasteiger partial charge in [0.15, 0.2) is 0 Å². The summed E-state index contributed by atoms with van der Waals surface area (Å²) < 4.78 is 0. The molecule has 0 aliphatic carbocycles. The topological polar surface area (TPSA) is 21.3 Å². The van der Waals surface area contributed by atoms with Crippen LogP contribution in [0.5, 0.6) is 0 Å². The Morgan fingerprint density at radius 1 is 1.10 bits per heavy atom. The van der Waals surface area contributed by atoms with Crippen LogP contribution in [-0.2, 0) is 4.84 Å². The van der Waals surface area contributed by atoms with Crippen molar-refractivity contribution in [2.24, 2.45) is 0 Å². The molecule has 0 fully saturated rings. The van der Waals surface area contributed by atoms with Gasteiger partial charge in [-0.15, -0.1) is 0 Å². The Morgan fingerprint density at radius 3 is 2.50 bits per heavy atom. The SMILES string of the molecule is CCCCCCNOCC. The molecule has 0 amide bonds. The van der Waals surface area contributed by atoms with Crippen molar-refractivity contribution < 1.29 is 4.84 Å². The molecule has 0 aliphatic heterocycles. The van der Waals surface area contributed by atoms with Gasteiger partial charge in [0, 0.05) is 6.54 Å². The minimum atomic E-state index is 0.758. The maximum absolute atomic E-state index is 4.96. The first-order valence-corrected chi connectivity index (χ1v) is 4.26. The van der Waals surface area contributed by atoms with E-state index in [1.165, 1.54) is 25.7 Å². The summed E-state index contributed by atoms with van der Waals surface area (Å²) in [6.07, 6.45) is 5.19. The van der Waals surface area contributed by atoms with Crippen molar-refractivity contribution >= 4 is 0 Å². The van der Waals surface area contributed by atoms with Crippen LogP contribution >= 0.6 is 0 Å². The van der Waals surface area contributed by atoms with Gasteiger partial charge < -0.3 is 4.84 Å². The first kappa shape index (κ1) is 9.92. The van der Waals surface area contributed by atoms with Crippen LogP contribution in [0.25, 0.3) is 0 Å². The molecule has 2 heteroatoms. The number of hydrogen-bond acceptors (Lipinski definition) is 2. The smallest absolute Gasteiger partial charge is 0.0653 e. The van der Waals surface area contributed by atoms with Gasteiger partial charge >= 0.3 is 0 Å². The predicted molar refractivity (Wildman–Crippen MR) is 43.8 cm³/mol. The van der Waals surface area contributed by atoms with Crippen molar-refractivity contribution in [1.82, 2.24) is 5.48 Å². The molecule has 0 radical (unpaired) electrons. The van der Waals surface area contributed by atoms with Gasteiger partial charge in [-0.3, -0.25) is 0 Å². The third-order valence-electron chi connectivity index (χ3n) is 1.38. The molecule has 0 heterocycles. The molecule has 0 aromatic rings. The summed E-state index contributed by atoms with van der Waals surface area (Å²) in [5, 5.41) is 0. The monoisotopic (exact) mass is 145 g/mol. The maximum atomic E-state index is 4.96. The Balaban J connectivity index is 2.65. The molecule has 2 nitrogen and oxygen atoms in total. The van der Waals surface area contributed by atoms with Crippen molar-refractivity contribution in [1.29, 1.82) is 0 Å². The average Bonchev–Trinajstić information content (AvgIpc) is 1.97. The van der Waals surface area contributed by atoms with Gasteiger partial charge in [-0.25, -0.2) is 5.48 Å². The molecule has 0 aromatic carbocycles. The molecule has 0 rings (SSSR count). The van der Waals surface area contributed by atoms with Crippen molar-refractivity contribution in [2.45, 2.75) is 39.5 Å². The molecule has 0 saturated heterocycles. The van der Waals surface area contributed by atoms with Crippen LogP contribution in [0.2, 0.25) is 0 Å². The molecule has 0 atom stereocenters. The van der Waals surface area contributed by atoms with E-state index in [-0.39, 0.29) is 0 Å². The maximum Gasteiger partial charge on any atom is 0.0653 e. The summed E-state index contributed by atoms with van der Waals surface area (Å²) in [6, 6.07) is 0. The highest BCUT2D eigenvalue weighted by atomic mass is 16.6. The van der Waals surface area contributed by atoms with Crippen molar-refractivity contribution in [3.05, 3.63) is 0 Å². The van der Waals surface area contributed by atoms with E-state index in [1.54, 1.807) is 0 Å². The second-order valence-corrected chi connectivity index (χ2v) is 2.39. The van der Waals surface area contributed by atoms with Crippen LogP contribution < -0.4 is 5.48 Å². The molecule has 62 valence electrons. The zero-order chi connectivity index (χ0) is 7.66. The number of hydrogen-bond donors (Lipinski definition) is 1. The van der Waals surface area contributed by atoms with E-state index in [1.807, 2.05) is 6.92 Å². The van der Waals surface area contributed by atoms with E-state index in [0.717, 1.165) is 13.2 Å². The zero-order valence-corrected chi connectivity index (χ0v) is 7.15. The van der Waals surface area contributed by atoms with Gasteiger partial charge in [0.25, 0.3) is 0 Å². The quantitative estimate of drug-likeness (QED) is 0.437. The highest BCUT2D eigenvalue weighted by molar-refractivity contribution is 4.40. The van der Waals surface area contributed by atoms with E-state index >= 15 is 0 Å². The molecule has 10 heavy (non-hydrogen) atoms. The van der Waals surface area contributed by atoms with Crippen LogP contribution in [0.15, 0.2) is 0 Å². The van der Waals surface area contributed by atoms with Gasteiger partial charge in [0.1, 0.15) is 0 Å². The van der Waals surface area contributed by atoms with Gasteiger partial charge in [0.05, 0.1) is 6.61 Å². The third-order valence-corrected chi connectivity index (χ3v) is 1.38. The van der Waals surface area contributed by atoms with Crippen LogP contribution in [0.3, 0.4) is 0 Å².